The maximum absolute atomic E-state index is 12.3. The normalized spacial score (nSPS) is 22.7. The van der Waals surface area contributed by atoms with E-state index in [9.17, 15) is 4.79 Å². The summed E-state index contributed by atoms with van der Waals surface area (Å²) >= 11 is 0. The van der Waals surface area contributed by atoms with Gasteiger partial charge in [-0.2, -0.15) is 5.26 Å². The van der Waals surface area contributed by atoms with Crippen molar-refractivity contribution < 1.29 is 4.79 Å². The molecule has 0 N–H and O–H groups in total. The highest BCUT2D eigenvalue weighted by Crippen LogP contribution is 2.21. The van der Waals surface area contributed by atoms with Gasteiger partial charge >= 0.3 is 0 Å². The van der Waals surface area contributed by atoms with Crippen molar-refractivity contribution in [3.8, 4) is 6.07 Å². The highest BCUT2D eigenvalue weighted by atomic mass is 16.2. The molecule has 2 saturated heterocycles. The van der Waals surface area contributed by atoms with Crippen LogP contribution in [0.3, 0.4) is 0 Å². The van der Waals surface area contributed by atoms with Gasteiger partial charge in [-0.3, -0.25) is 4.79 Å². The Kier molecular flexibility index (Phi) is 5.00. The number of piperidine rings is 2. The molecule has 100 valence electrons. The van der Waals surface area contributed by atoms with Crippen LogP contribution in [0.2, 0.25) is 0 Å². The summed E-state index contributed by atoms with van der Waals surface area (Å²) < 4.78 is 0. The van der Waals surface area contributed by atoms with Gasteiger partial charge in [-0.05, 0) is 45.2 Å². The smallest absolute Gasteiger partial charge is 0.225 e. The van der Waals surface area contributed by atoms with E-state index in [1.807, 2.05) is 0 Å². The number of carbonyl (C=O) groups excluding carboxylic acids is 1. The Balaban J connectivity index is 1.75. The Hall–Kier alpha value is -1.08. The van der Waals surface area contributed by atoms with Gasteiger partial charge in [0.15, 0.2) is 0 Å². The minimum atomic E-state index is 0.237. The van der Waals surface area contributed by atoms with Gasteiger partial charge in [-0.25, -0.2) is 0 Å². The van der Waals surface area contributed by atoms with E-state index in [-0.39, 0.29) is 5.92 Å². The topological polar surface area (TPSA) is 47.3 Å². The van der Waals surface area contributed by atoms with Gasteiger partial charge in [0.1, 0.15) is 0 Å². The molecule has 0 saturated carbocycles. The average molecular weight is 249 g/mol. The molecule has 2 fully saturated rings. The molecule has 2 rings (SSSR count). The molecule has 2 aliphatic heterocycles. The number of hydrogen-bond donors (Lipinski definition) is 0. The van der Waals surface area contributed by atoms with Crippen molar-refractivity contribution in [1.82, 2.24) is 9.80 Å². The van der Waals surface area contributed by atoms with Crippen LogP contribution >= 0.6 is 0 Å². The van der Waals surface area contributed by atoms with E-state index >= 15 is 0 Å². The number of likely N-dealkylation sites (tertiary alicyclic amines) is 2. The average Bonchev–Trinajstić information content (AvgIpc) is 2.46. The van der Waals surface area contributed by atoms with E-state index in [1.165, 1.54) is 19.3 Å². The maximum Gasteiger partial charge on any atom is 0.225 e. The number of rotatable bonds is 3. The Morgan fingerprint density at radius 2 is 1.78 bits per heavy atom. The minimum absolute atomic E-state index is 0.237. The summed E-state index contributed by atoms with van der Waals surface area (Å²) in [6.45, 7) is 4.75. The summed E-state index contributed by atoms with van der Waals surface area (Å²) in [5.41, 5.74) is 0. The molecule has 0 atom stereocenters. The molecule has 0 radical (unpaired) electrons. The van der Waals surface area contributed by atoms with Crippen molar-refractivity contribution >= 4 is 5.91 Å². The van der Waals surface area contributed by atoms with E-state index in [1.54, 1.807) is 0 Å². The van der Waals surface area contributed by atoms with Crippen LogP contribution in [0.1, 0.15) is 38.5 Å². The second-order valence-corrected chi connectivity index (χ2v) is 5.41. The monoisotopic (exact) mass is 249 g/mol. The first-order valence-electron chi connectivity index (χ1n) is 7.19. The predicted octanol–water partition coefficient (Wildman–Crippen LogP) is 1.62. The Morgan fingerprint density at radius 3 is 2.39 bits per heavy atom. The third-order valence-electron chi connectivity index (χ3n) is 4.14. The first-order valence-corrected chi connectivity index (χ1v) is 7.19. The lowest BCUT2D eigenvalue weighted by Gasteiger charge is -2.35. The van der Waals surface area contributed by atoms with Gasteiger partial charge in [-0.15, -0.1) is 0 Å². The first-order chi connectivity index (χ1) is 8.81. The SMILES string of the molecule is N#CCCN1CCC(C(=O)N2CCCCC2)CC1. The van der Waals surface area contributed by atoms with Crippen LogP contribution in [0.25, 0.3) is 0 Å². The summed E-state index contributed by atoms with van der Waals surface area (Å²) in [4.78, 5) is 16.7. The van der Waals surface area contributed by atoms with Crippen LogP contribution in [0.5, 0.6) is 0 Å². The number of nitriles is 1. The molecule has 4 heteroatoms. The van der Waals surface area contributed by atoms with Gasteiger partial charge in [0.25, 0.3) is 0 Å². The Bertz CT molecular complexity index is 309. The number of nitrogens with zero attached hydrogens (tertiary/aromatic N) is 3. The molecule has 0 aliphatic carbocycles. The van der Waals surface area contributed by atoms with Gasteiger partial charge < -0.3 is 9.80 Å². The molecular weight excluding hydrogens is 226 g/mol. The zero-order valence-electron chi connectivity index (χ0n) is 11.1. The third-order valence-corrected chi connectivity index (χ3v) is 4.14. The number of amides is 1. The quantitative estimate of drug-likeness (QED) is 0.763. The highest BCUT2D eigenvalue weighted by Gasteiger charge is 2.28. The molecule has 4 nitrogen and oxygen atoms in total. The molecule has 0 bridgehead atoms. The zero-order chi connectivity index (χ0) is 12.8. The zero-order valence-corrected chi connectivity index (χ0v) is 11.1. The predicted molar refractivity (Wildman–Crippen MR) is 69.8 cm³/mol. The largest absolute Gasteiger partial charge is 0.342 e. The van der Waals surface area contributed by atoms with Crippen LogP contribution in [-0.2, 0) is 4.79 Å². The molecule has 0 spiro atoms. The lowest BCUT2D eigenvalue weighted by Crippen LogP contribution is -2.44. The standard InChI is InChI=1S/C14H23N3O/c15-7-4-8-16-11-5-13(6-12-16)14(18)17-9-2-1-3-10-17/h13H,1-6,8-12H2. The fourth-order valence-corrected chi connectivity index (χ4v) is 2.98. The fourth-order valence-electron chi connectivity index (χ4n) is 2.98. The van der Waals surface area contributed by atoms with Gasteiger partial charge in [0.2, 0.25) is 5.91 Å². The molecular formula is C14H23N3O. The van der Waals surface area contributed by atoms with Gasteiger partial charge in [0, 0.05) is 32.0 Å². The van der Waals surface area contributed by atoms with E-state index in [2.05, 4.69) is 15.9 Å². The van der Waals surface area contributed by atoms with Gasteiger partial charge in [-0.1, -0.05) is 0 Å². The second-order valence-electron chi connectivity index (χ2n) is 5.41. The van der Waals surface area contributed by atoms with E-state index < -0.39 is 0 Å². The van der Waals surface area contributed by atoms with Crippen LogP contribution in [0, 0.1) is 17.2 Å². The van der Waals surface area contributed by atoms with Crippen molar-refractivity contribution in [2.45, 2.75) is 38.5 Å². The van der Waals surface area contributed by atoms with Crippen LogP contribution in [0.15, 0.2) is 0 Å². The van der Waals surface area contributed by atoms with E-state index in [0.29, 0.717) is 12.3 Å². The summed E-state index contributed by atoms with van der Waals surface area (Å²) in [7, 11) is 0. The van der Waals surface area contributed by atoms with Crippen LogP contribution in [0.4, 0.5) is 0 Å². The van der Waals surface area contributed by atoms with Crippen molar-refractivity contribution in [1.29, 1.82) is 5.26 Å². The third kappa shape index (κ3) is 3.46. The van der Waals surface area contributed by atoms with Crippen molar-refractivity contribution in [3.63, 3.8) is 0 Å². The lowest BCUT2D eigenvalue weighted by atomic mass is 9.94. The van der Waals surface area contributed by atoms with Crippen LogP contribution in [-0.4, -0.2) is 48.4 Å². The fraction of sp³-hybridized carbons (Fsp3) is 0.857. The first kappa shape index (κ1) is 13.4. The molecule has 2 heterocycles. The summed E-state index contributed by atoms with van der Waals surface area (Å²) in [5.74, 6) is 0.621. The molecule has 18 heavy (non-hydrogen) atoms. The minimum Gasteiger partial charge on any atom is -0.342 e. The Morgan fingerprint density at radius 1 is 1.11 bits per heavy atom. The number of carbonyl (C=O) groups is 1. The highest BCUT2D eigenvalue weighted by molar-refractivity contribution is 5.79. The summed E-state index contributed by atoms with van der Waals surface area (Å²) in [6.07, 6.45) is 6.17. The Labute approximate surface area is 110 Å². The molecule has 0 unspecified atom stereocenters. The summed E-state index contributed by atoms with van der Waals surface area (Å²) in [6, 6.07) is 2.18. The van der Waals surface area contributed by atoms with Crippen molar-refractivity contribution in [2.24, 2.45) is 5.92 Å². The van der Waals surface area contributed by atoms with Gasteiger partial charge in [0.05, 0.1) is 6.07 Å². The van der Waals surface area contributed by atoms with E-state index in [4.69, 9.17) is 5.26 Å². The second kappa shape index (κ2) is 6.75. The van der Waals surface area contributed by atoms with Crippen molar-refractivity contribution in [2.75, 3.05) is 32.7 Å². The summed E-state index contributed by atoms with van der Waals surface area (Å²) in [5, 5.41) is 8.57. The molecule has 2 aliphatic rings. The number of hydrogen-bond acceptors (Lipinski definition) is 3. The molecule has 0 aromatic carbocycles. The lowest BCUT2D eigenvalue weighted by molar-refractivity contribution is -0.138. The van der Waals surface area contributed by atoms with E-state index in [0.717, 1.165) is 45.6 Å². The van der Waals surface area contributed by atoms with Crippen molar-refractivity contribution in [3.05, 3.63) is 0 Å². The molecule has 1 amide bonds. The molecule has 0 aromatic rings. The molecule has 0 aromatic heterocycles. The maximum atomic E-state index is 12.3. The van der Waals surface area contributed by atoms with Crippen LogP contribution < -0.4 is 0 Å².